The van der Waals surface area contributed by atoms with E-state index in [1.165, 1.54) is 0 Å². The van der Waals surface area contributed by atoms with Crippen LogP contribution in [0.2, 0.25) is 15.1 Å². The fourth-order valence-corrected chi connectivity index (χ4v) is 3.42. The molecule has 0 radical (unpaired) electrons. The van der Waals surface area contributed by atoms with Crippen molar-refractivity contribution in [3.63, 3.8) is 0 Å². The zero-order valence-electron chi connectivity index (χ0n) is 13.9. The highest BCUT2D eigenvalue weighted by atomic mass is 35.5. The van der Waals surface area contributed by atoms with Crippen LogP contribution in [0.3, 0.4) is 0 Å². The summed E-state index contributed by atoms with van der Waals surface area (Å²) in [5.74, 6) is -0.290. The number of primary amides is 1. The third-order valence-corrected chi connectivity index (χ3v) is 4.70. The molecule has 8 heteroatoms. The van der Waals surface area contributed by atoms with Crippen molar-refractivity contribution < 1.29 is 9.59 Å². The van der Waals surface area contributed by atoms with Crippen LogP contribution in [0.1, 0.15) is 36.6 Å². The Hall–Kier alpha value is -1.95. The quantitative estimate of drug-likeness (QED) is 0.644. The van der Waals surface area contributed by atoms with E-state index >= 15 is 0 Å². The number of rotatable bonds is 6. The Morgan fingerprint density at radius 2 is 1.69 bits per heavy atom. The Morgan fingerprint density at radius 3 is 2.31 bits per heavy atom. The number of hydrogen-bond acceptors (Lipinski definition) is 2. The fraction of sp³-hybridized carbons (Fsp3) is 0.222. The molecule has 5 nitrogen and oxygen atoms in total. The van der Waals surface area contributed by atoms with Gasteiger partial charge in [0, 0.05) is 15.1 Å². The van der Waals surface area contributed by atoms with E-state index in [9.17, 15) is 9.59 Å². The van der Waals surface area contributed by atoms with E-state index in [0.717, 1.165) is 5.56 Å². The van der Waals surface area contributed by atoms with Crippen molar-refractivity contribution in [2.24, 2.45) is 5.73 Å². The second-order valence-electron chi connectivity index (χ2n) is 5.74. The predicted molar refractivity (Wildman–Crippen MR) is 105 cm³/mol. The molecular formula is C18H18Cl3N3O2. The molecule has 4 N–H and O–H groups in total. The van der Waals surface area contributed by atoms with E-state index in [1.54, 1.807) is 49.4 Å². The Bertz CT molecular complexity index is 814. The average Bonchev–Trinajstić information content (AvgIpc) is 2.54. The lowest BCUT2D eigenvalue weighted by Gasteiger charge is -2.21. The minimum Gasteiger partial charge on any atom is -0.352 e. The summed E-state index contributed by atoms with van der Waals surface area (Å²) < 4.78 is 0. The van der Waals surface area contributed by atoms with Crippen LogP contribution in [0.15, 0.2) is 42.5 Å². The molecule has 0 aromatic heterocycles. The molecule has 0 fully saturated rings. The van der Waals surface area contributed by atoms with E-state index in [1.807, 2.05) is 0 Å². The molecule has 138 valence electrons. The normalized spacial score (nSPS) is 12.9. The van der Waals surface area contributed by atoms with Crippen LogP contribution in [0.4, 0.5) is 4.79 Å². The number of nitrogens with two attached hydrogens (primary N) is 1. The number of carbonyl (C=O) groups excluding carboxylic acids is 2. The summed E-state index contributed by atoms with van der Waals surface area (Å²) >= 11 is 18.2. The Labute approximate surface area is 166 Å². The maximum Gasteiger partial charge on any atom is 0.312 e. The van der Waals surface area contributed by atoms with Gasteiger partial charge < -0.3 is 16.4 Å². The molecule has 2 atom stereocenters. The summed E-state index contributed by atoms with van der Waals surface area (Å²) in [7, 11) is 0. The van der Waals surface area contributed by atoms with Gasteiger partial charge in [-0.3, -0.25) is 4.79 Å². The number of halogens is 3. The lowest BCUT2D eigenvalue weighted by atomic mass is 10.0. The van der Waals surface area contributed by atoms with Crippen molar-refractivity contribution >= 4 is 46.7 Å². The van der Waals surface area contributed by atoms with Crippen molar-refractivity contribution in [3.05, 3.63) is 68.7 Å². The molecule has 0 aliphatic rings. The Morgan fingerprint density at radius 1 is 1.00 bits per heavy atom. The second kappa shape index (κ2) is 9.12. The van der Waals surface area contributed by atoms with Gasteiger partial charge in [0.1, 0.15) is 0 Å². The van der Waals surface area contributed by atoms with Crippen LogP contribution >= 0.6 is 34.8 Å². The first-order valence-electron chi connectivity index (χ1n) is 7.82. The smallest absolute Gasteiger partial charge is 0.312 e. The number of amides is 3. The third kappa shape index (κ3) is 5.53. The number of carbonyl (C=O) groups is 2. The fourth-order valence-electron chi connectivity index (χ4n) is 2.58. The van der Waals surface area contributed by atoms with E-state index < -0.39 is 12.1 Å². The SMILES string of the molecule is CC(NC(=O)CC(NC(N)=O)c1ccccc1Cl)c1ccc(Cl)cc1Cl. The Balaban J connectivity index is 2.11. The monoisotopic (exact) mass is 413 g/mol. The first-order chi connectivity index (χ1) is 12.3. The van der Waals surface area contributed by atoms with Crippen LogP contribution in [-0.2, 0) is 4.79 Å². The highest BCUT2D eigenvalue weighted by Gasteiger charge is 2.21. The number of benzene rings is 2. The molecular weight excluding hydrogens is 397 g/mol. The summed E-state index contributed by atoms with van der Waals surface area (Å²) in [4.78, 5) is 23.8. The van der Waals surface area contributed by atoms with Crippen LogP contribution in [0.5, 0.6) is 0 Å². The first-order valence-corrected chi connectivity index (χ1v) is 8.96. The molecule has 26 heavy (non-hydrogen) atoms. The predicted octanol–water partition coefficient (Wildman–Crippen LogP) is 4.62. The molecule has 2 rings (SSSR count). The van der Waals surface area contributed by atoms with Gasteiger partial charge in [-0.25, -0.2) is 4.79 Å². The molecule has 0 spiro atoms. The summed E-state index contributed by atoms with van der Waals surface area (Å²) in [5, 5.41) is 6.81. The molecule has 0 saturated carbocycles. The molecule has 2 aromatic carbocycles. The van der Waals surface area contributed by atoms with Gasteiger partial charge in [0.05, 0.1) is 18.5 Å². The topological polar surface area (TPSA) is 84.2 Å². The van der Waals surface area contributed by atoms with Crippen molar-refractivity contribution in [2.45, 2.75) is 25.4 Å². The molecule has 3 amide bonds. The second-order valence-corrected chi connectivity index (χ2v) is 6.99. The first kappa shape index (κ1) is 20.4. The van der Waals surface area contributed by atoms with Crippen molar-refractivity contribution in [1.29, 1.82) is 0 Å². The van der Waals surface area contributed by atoms with Gasteiger partial charge in [-0.05, 0) is 36.2 Å². The van der Waals surface area contributed by atoms with Gasteiger partial charge in [0.25, 0.3) is 0 Å². The zero-order chi connectivity index (χ0) is 19.3. The van der Waals surface area contributed by atoms with Crippen molar-refractivity contribution in [1.82, 2.24) is 10.6 Å². The van der Waals surface area contributed by atoms with E-state index in [2.05, 4.69) is 10.6 Å². The summed E-state index contributed by atoms with van der Waals surface area (Å²) in [6.45, 7) is 1.80. The Kier molecular flexibility index (Phi) is 7.14. The molecule has 2 aromatic rings. The summed E-state index contributed by atoms with van der Waals surface area (Å²) in [6.07, 6.45) is -0.0256. The molecule has 2 unspecified atom stereocenters. The third-order valence-electron chi connectivity index (χ3n) is 3.79. The van der Waals surface area contributed by atoms with Crippen LogP contribution in [0.25, 0.3) is 0 Å². The van der Waals surface area contributed by atoms with E-state index in [0.29, 0.717) is 20.6 Å². The van der Waals surface area contributed by atoms with Crippen LogP contribution in [0, 0.1) is 0 Å². The zero-order valence-corrected chi connectivity index (χ0v) is 16.2. The molecule has 0 heterocycles. The number of hydrogen-bond donors (Lipinski definition) is 3. The van der Waals surface area contributed by atoms with Crippen LogP contribution < -0.4 is 16.4 Å². The van der Waals surface area contributed by atoms with Crippen molar-refractivity contribution in [2.75, 3.05) is 0 Å². The van der Waals surface area contributed by atoms with E-state index in [-0.39, 0.29) is 18.4 Å². The average molecular weight is 415 g/mol. The summed E-state index contributed by atoms with van der Waals surface area (Å²) in [6, 6.07) is 10.3. The van der Waals surface area contributed by atoms with Gasteiger partial charge in [-0.2, -0.15) is 0 Å². The molecule has 0 aliphatic carbocycles. The highest BCUT2D eigenvalue weighted by Crippen LogP contribution is 2.28. The number of urea groups is 1. The maximum atomic E-state index is 12.5. The minimum atomic E-state index is -0.739. The van der Waals surface area contributed by atoms with Crippen LogP contribution in [-0.4, -0.2) is 11.9 Å². The largest absolute Gasteiger partial charge is 0.352 e. The lowest BCUT2D eigenvalue weighted by molar-refractivity contribution is -0.122. The minimum absolute atomic E-state index is 0.0256. The summed E-state index contributed by atoms with van der Waals surface area (Å²) in [5.41, 5.74) is 6.58. The maximum absolute atomic E-state index is 12.5. The van der Waals surface area contributed by atoms with Gasteiger partial charge in [0.15, 0.2) is 0 Å². The van der Waals surface area contributed by atoms with Gasteiger partial charge in [0.2, 0.25) is 5.91 Å². The lowest BCUT2D eigenvalue weighted by Crippen LogP contribution is -2.37. The molecule has 0 saturated heterocycles. The van der Waals surface area contributed by atoms with Gasteiger partial charge >= 0.3 is 6.03 Å². The molecule has 0 bridgehead atoms. The van der Waals surface area contributed by atoms with Gasteiger partial charge in [-0.1, -0.05) is 59.1 Å². The number of nitrogens with one attached hydrogen (secondary N) is 2. The standard InChI is InChI=1S/C18H18Cl3N3O2/c1-10(12-7-6-11(19)8-15(12)21)23-17(25)9-16(24-18(22)26)13-4-2-3-5-14(13)20/h2-8,10,16H,9H2,1H3,(H,23,25)(H3,22,24,26). The van der Waals surface area contributed by atoms with E-state index in [4.69, 9.17) is 40.5 Å². The van der Waals surface area contributed by atoms with Crippen molar-refractivity contribution in [3.8, 4) is 0 Å². The highest BCUT2D eigenvalue weighted by molar-refractivity contribution is 6.35. The van der Waals surface area contributed by atoms with Gasteiger partial charge in [-0.15, -0.1) is 0 Å². The molecule has 0 aliphatic heterocycles.